The van der Waals surface area contributed by atoms with Crippen molar-refractivity contribution in [2.75, 3.05) is 27.3 Å². The Morgan fingerprint density at radius 3 is 2.75 bits per heavy atom. The van der Waals surface area contributed by atoms with Crippen LogP contribution in [0.25, 0.3) is 0 Å². The van der Waals surface area contributed by atoms with E-state index in [1.165, 1.54) is 0 Å². The summed E-state index contributed by atoms with van der Waals surface area (Å²) in [5.74, 6) is 0. The van der Waals surface area contributed by atoms with Crippen LogP contribution in [0.1, 0.15) is 6.42 Å². The lowest BCUT2D eigenvalue weighted by atomic mass is 10.4. The summed E-state index contributed by atoms with van der Waals surface area (Å²) in [5, 5.41) is 0. The first kappa shape index (κ1) is 11.8. The zero-order valence-corrected chi connectivity index (χ0v) is 9.12. The molecule has 12 heavy (non-hydrogen) atoms. The molecule has 1 heterocycles. The van der Waals surface area contributed by atoms with E-state index in [0.717, 1.165) is 24.1 Å². The molecule has 0 fully saturated rings. The standard InChI is InChI=1S/C8H15N2O.BrH/c1-10(5-3-7-11-2)6-4-9-8-10;/h4,6,8H,3,5,7H2,1-2H3;1H/q+1;/p-1. The second-order valence-electron chi connectivity index (χ2n) is 2.98. The normalized spacial score (nSPS) is 25.8. The van der Waals surface area contributed by atoms with Gasteiger partial charge in [0.1, 0.15) is 6.20 Å². The maximum absolute atomic E-state index is 4.97. The van der Waals surface area contributed by atoms with E-state index < -0.39 is 0 Å². The summed E-state index contributed by atoms with van der Waals surface area (Å²) in [6, 6.07) is 0. The number of aliphatic imine (C=N–C) groups is 1. The van der Waals surface area contributed by atoms with Gasteiger partial charge in [-0.3, -0.25) is 4.48 Å². The monoisotopic (exact) mass is 234 g/mol. The van der Waals surface area contributed by atoms with Gasteiger partial charge in [0, 0.05) is 13.5 Å². The van der Waals surface area contributed by atoms with E-state index in [2.05, 4.69) is 18.2 Å². The summed E-state index contributed by atoms with van der Waals surface area (Å²) in [4.78, 5) is 4.04. The third-order valence-electron chi connectivity index (χ3n) is 1.81. The number of halogens is 1. The minimum Gasteiger partial charge on any atom is -1.00 e. The van der Waals surface area contributed by atoms with Crippen LogP contribution in [-0.2, 0) is 4.74 Å². The lowest BCUT2D eigenvalue weighted by Gasteiger charge is -2.20. The first-order chi connectivity index (χ1) is 5.27. The average Bonchev–Trinajstić information content (AvgIpc) is 2.38. The van der Waals surface area contributed by atoms with Crippen LogP contribution in [0, 0.1) is 0 Å². The van der Waals surface area contributed by atoms with Crippen LogP contribution in [0.5, 0.6) is 0 Å². The second-order valence-corrected chi connectivity index (χ2v) is 2.98. The van der Waals surface area contributed by atoms with Gasteiger partial charge in [-0.25, -0.2) is 4.99 Å². The lowest BCUT2D eigenvalue weighted by molar-refractivity contribution is -0.756. The summed E-state index contributed by atoms with van der Waals surface area (Å²) >= 11 is 0. The first-order valence-electron chi connectivity index (χ1n) is 3.83. The number of rotatable bonds is 4. The van der Waals surface area contributed by atoms with Gasteiger partial charge in [-0.15, -0.1) is 0 Å². The fourth-order valence-electron chi connectivity index (χ4n) is 1.10. The van der Waals surface area contributed by atoms with Gasteiger partial charge >= 0.3 is 0 Å². The molecule has 0 N–H and O–H groups in total. The fourth-order valence-corrected chi connectivity index (χ4v) is 1.10. The molecule has 0 aromatic heterocycles. The highest BCUT2D eigenvalue weighted by molar-refractivity contribution is 5.50. The van der Waals surface area contributed by atoms with Crippen LogP contribution in [0.15, 0.2) is 17.4 Å². The molecule has 1 aliphatic rings. The highest BCUT2D eigenvalue weighted by atomic mass is 79.9. The molecule has 0 bridgehead atoms. The highest BCUT2D eigenvalue weighted by Gasteiger charge is 2.17. The molecule has 4 heteroatoms. The SMILES string of the molecule is COCCC[N+]1(C)C=CN=C1.[Br-]. The Morgan fingerprint density at radius 2 is 2.25 bits per heavy atom. The van der Waals surface area contributed by atoms with E-state index in [-0.39, 0.29) is 17.0 Å². The molecule has 0 aromatic rings. The van der Waals surface area contributed by atoms with Crippen LogP contribution >= 0.6 is 0 Å². The minimum atomic E-state index is 0. The van der Waals surface area contributed by atoms with Crippen LogP contribution < -0.4 is 17.0 Å². The number of ether oxygens (including phenoxy) is 1. The molecule has 70 valence electrons. The van der Waals surface area contributed by atoms with Crippen LogP contribution in [0.2, 0.25) is 0 Å². The van der Waals surface area contributed by atoms with Crippen molar-refractivity contribution in [3.8, 4) is 0 Å². The molecule has 0 spiro atoms. The number of hydrogen-bond donors (Lipinski definition) is 0. The molecule has 0 radical (unpaired) electrons. The van der Waals surface area contributed by atoms with Crippen molar-refractivity contribution in [2.45, 2.75) is 6.42 Å². The average molecular weight is 235 g/mol. The fraction of sp³-hybridized carbons (Fsp3) is 0.625. The van der Waals surface area contributed by atoms with E-state index in [9.17, 15) is 0 Å². The molecule has 3 nitrogen and oxygen atoms in total. The van der Waals surface area contributed by atoms with Crippen LogP contribution in [0.3, 0.4) is 0 Å². The van der Waals surface area contributed by atoms with Gasteiger partial charge in [-0.2, -0.15) is 0 Å². The Labute approximate surface area is 84.1 Å². The van der Waals surface area contributed by atoms with Gasteiger partial charge in [0.2, 0.25) is 0 Å². The third-order valence-corrected chi connectivity index (χ3v) is 1.81. The quantitative estimate of drug-likeness (QED) is 0.407. The predicted octanol–water partition coefficient (Wildman–Crippen LogP) is -2.01. The molecule has 1 aliphatic heterocycles. The van der Waals surface area contributed by atoms with Crippen molar-refractivity contribution in [1.82, 2.24) is 0 Å². The maximum Gasteiger partial charge on any atom is 0.194 e. The molecular weight excluding hydrogens is 220 g/mol. The third kappa shape index (κ3) is 3.47. The Balaban J connectivity index is 0.00000121. The largest absolute Gasteiger partial charge is 1.00 e. The van der Waals surface area contributed by atoms with E-state index in [0.29, 0.717) is 0 Å². The van der Waals surface area contributed by atoms with Crippen molar-refractivity contribution in [3.63, 3.8) is 0 Å². The van der Waals surface area contributed by atoms with Gasteiger partial charge in [0.15, 0.2) is 6.34 Å². The zero-order valence-electron chi connectivity index (χ0n) is 7.53. The first-order valence-corrected chi connectivity index (χ1v) is 3.83. The Kier molecular flexibility index (Phi) is 5.37. The van der Waals surface area contributed by atoms with Crippen molar-refractivity contribution >= 4 is 6.34 Å². The van der Waals surface area contributed by atoms with Gasteiger partial charge < -0.3 is 21.7 Å². The van der Waals surface area contributed by atoms with E-state index in [1.54, 1.807) is 7.11 Å². The molecule has 0 aromatic carbocycles. The smallest absolute Gasteiger partial charge is 0.194 e. The number of methoxy groups -OCH3 is 1. The number of hydrogen-bond acceptors (Lipinski definition) is 2. The minimum absolute atomic E-state index is 0. The molecular formula is C8H15BrN2O. The van der Waals surface area contributed by atoms with Gasteiger partial charge in [-0.1, -0.05) is 0 Å². The lowest BCUT2D eigenvalue weighted by Crippen LogP contribution is -3.00. The van der Waals surface area contributed by atoms with Crippen LogP contribution in [-0.4, -0.2) is 38.1 Å². The summed E-state index contributed by atoms with van der Waals surface area (Å²) in [6.45, 7) is 1.89. The van der Waals surface area contributed by atoms with Crippen LogP contribution in [0.4, 0.5) is 0 Å². The molecule has 1 rings (SSSR count). The number of nitrogens with zero attached hydrogens (tertiary/aromatic N) is 2. The predicted molar refractivity (Wildman–Crippen MR) is 45.2 cm³/mol. The summed E-state index contributed by atoms with van der Waals surface area (Å²) in [6.07, 6.45) is 6.93. The molecule has 0 amide bonds. The molecule has 1 atom stereocenters. The molecule has 0 saturated heterocycles. The van der Waals surface area contributed by atoms with Crippen molar-refractivity contribution in [3.05, 3.63) is 12.4 Å². The van der Waals surface area contributed by atoms with E-state index in [1.807, 2.05) is 12.5 Å². The van der Waals surface area contributed by atoms with E-state index in [4.69, 9.17) is 4.74 Å². The van der Waals surface area contributed by atoms with Gasteiger partial charge in [0.25, 0.3) is 0 Å². The Bertz CT molecular complexity index is 168. The molecule has 0 aliphatic carbocycles. The Morgan fingerprint density at radius 1 is 1.50 bits per heavy atom. The summed E-state index contributed by atoms with van der Waals surface area (Å²) < 4.78 is 5.78. The van der Waals surface area contributed by atoms with E-state index >= 15 is 0 Å². The molecule has 1 unspecified atom stereocenters. The zero-order chi connectivity index (χ0) is 8.16. The van der Waals surface area contributed by atoms with Gasteiger partial charge in [-0.05, 0) is 0 Å². The summed E-state index contributed by atoms with van der Waals surface area (Å²) in [7, 11) is 3.86. The topological polar surface area (TPSA) is 21.6 Å². The maximum atomic E-state index is 4.97. The number of quaternary nitrogens is 1. The highest BCUT2D eigenvalue weighted by Crippen LogP contribution is 2.07. The Hall–Kier alpha value is -0.190. The van der Waals surface area contributed by atoms with Crippen molar-refractivity contribution in [2.24, 2.45) is 4.99 Å². The second kappa shape index (κ2) is 5.45. The summed E-state index contributed by atoms with van der Waals surface area (Å²) in [5.41, 5.74) is 0. The molecule has 0 saturated carbocycles. The van der Waals surface area contributed by atoms with Gasteiger partial charge in [0.05, 0.1) is 26.4 Å². The van der Waals surface area contributed by atoms with Crippen molar-refractivity contribution < 1.29 is 26.2 Å². The van der Waals surface area contributed by atoms with Crippen molar-refractivity contribution in [1.29, 1.82) is 0 Å².